The van der Waals surface area contributed by atoms with Crippen molar-refractivity contribution in [3.05, 3.63) is 57.8 Å². The van der Waals surface area contributed by atoms with Crippen molar-refractivity contribution in [3.8, 4) is 6.07 Å². The van der Waals surface area contributed by atoms with Gasteiger partial charge in [-0.1, -0.05) is 18.2 Å². The maximum Gasteiger partial charge on any atom is 0.0995 e. The minimum absolute atomic E-state index is 0.124. The Morgan fingerprint density at radius 3 is 2.74 bits per heavy atom. The summed E-state index contributed by atoms with van der Waals surface area (Å²) in [4.78, 5) is 2.15. The van der Waals surface area contributed by atoms with Crippen LogP contribution in [0, 0.1) is 11.3 Å². The molecule has 0 unspecified atom stereocenters. The molecule has 1 aromatic heterocycles. The first-order chi connectivity index (χ1) is 9.33. The van der Waals surface area contributed by atoms with E-state index in [0.717, 1.165) is 12.1 Å². The number of benzene rings is 1. The molecule has 98 valence electrons. The van der Waals surface area contributed by atoms with Gasteiger partial charge in [-0.25, -0.2) is 0 Å². The summed E-state index contributed by atoms with van der Waals surface area (Å²) in [7, 11) is 0. The first kappa shape index (κ1) is 13.8. The number of nitrogens with zero attached hydrogens (tertiary/aromatic N) is 2. The minimum atomic E-state index is 0.124. The van der Waals surface area contributed by atoms with Gasteiger partial charge in [-0.15, -0.1) is 0 Å². The SMILES string of the molecule is N#Cc1ccccc1CN(CCO)Cc1ccsc1. The van der Waals surface area contributed by atoms with Gasteiger partial charge in [0.1, 0.15) is 0 Å². The number of thiophene rings is 1. The van der Waals surface area contributed by atoms with Crippen LogP contribution < -0.4 is 0 Å². The van der Waals surface area contributed by atoms with Crippen molar-refractivity contribution in [2.24, 2.45) is 0 Å². The Morgan fingerprint density at radius 1 is 1.21 bits per heavy atom. The summed E-state index contributed by atoms with van der Waals surface area (Å²) >= 11 is 1.67. The zero-order valence-corrected chi connectivity index (χ0v) is 11.4. The van der Waals surface area contributed by atoms with Gasteiger partial charge in [0.15, 0.2) is 0 Å². The lowest BCUT2D eigenvalue weighted by Crippen LogP contribution is -2.26. The first-order valence-corrected chi connectivity index (χ1v) is 7.10. The van der Waals surface area contributed by atoms with Crippen LogP contribution >= 0.6 is 11.3 Å². The number of hydrogen-bond acceptors (Lipinski definition) is 4. The third kappa shape index (κ3) is 3.90. The molecule has 2 aromatic rings. The standard InChI is InChI=1S/C15H16N2OS/c16-9-14-3-1-2-4-15(14)11-17(6-7-18)10-13-5-8-19-12-13/h1-5,8,12,18H,6-7,10-11H2. The van der Waals surface area contributed by atoms with Gasteiger partial charge in [0.2, 0.25) is 0 Å². The van der Waals surface area contributed by atoms with E-state index in [1.165, 1.54) is 5.56 Å². The molecule has 2 rings (SSSR count). The number of hydrogen-bond donors (Lipinski definition) is 1. The lowest BCUT2D eigenvalue weighted by molar-refractivity contribution is 0.184. The van der Waals surface area contributed by atoms with Crippen LogP contribution in [0.15, 0.2) is 41.1 Å². The molecule has 4 heteroatoms. The van der Waals surface area contributed by atoms with Crippen LogP contribution in [0.3, 0.4) is 0 Å². The third-order valence-corrected chi connectivity index (χ3v) is 3.67. The smallest absolute Gasteiger partial charge is 0.0995 e. The Bertz CT molecular complexity index is 546. The molecule has 0 saturated carbocycles. The maximum absolute atomic E-state index is 9.17. The average Bonchev–Trinajstić information content (AvgIpc) is 2.92. The topological polar surface area (TPSA) is 47.3 Å². The second-order valence-corrected chi connectivity index (χ2v) is 5.11. The van der Waals surface area contributed by atoms with Crippen LogP contribution in [-0.2, 0) is 13.1 Å². The molecular formula is C15H16N2OS. The fraction of sp³-hybridized carbons (Fsp3) is 0.267. The fourth-order valence-electron chi connectivity index (χ4n) is 2.00. The van der Waals surface area contributed by atoms with Crippen LogP contribution in [0.1, 0.15) is 16.7 Å². The number of nitriles is 1. The van der Waals surface area contributed by atoms with Gasteiger partial charge in [0, 0.05) is 19.6 Å². The molecule has 0 fully saturated rings. The molecule has 0 radical (unpaired) electrons. The first-order valence-electron chi connectivity index (χ1n) is 6.16. The second-order valence-electron chi connectivity index (χ2n) is 4.33. The van der Waals surface area contributed by atoms with Crippen molar-refractivity contribution in [1.29, 1.82) is 5.26 Å². The zero-order valence-electron chi connectivity index (χ0n) is 10.6. The van der Waals surface area contributed by atoms with Crippen molar-refractivity contribution in [2.75, 3.05) is 13.2 Å². The minimum Gasteiger partial charge on any atom is -0.395 e. The Balaban J connectivity index is 2.10. The molecular weight excluding hydrogens is 256 g/mol. The highest BCUT2D eigenvalue weighted by Crippen LogP contribution is 2.14. The molecule has 0 spiro atoms. The van der Waals surface area contributed by atoms with Crippen LogP contribution in [0.2, 0.25) is 0 Å². The van der Waals surface area contributed by atoms with E-state index in [4.69, 9.17) is 10.4 Å². The van der Waals surface area contributed by atoms with E-state index in [2.05, 4.69) is 27.8 Å². The molecule has 0 aliphatic carbocycles. The van der Waals surface area contributed by atoms with Gasteiger partial charge in [0.25, 0.3) is 0 Å². The Hall–Kier alpha value is -1.67. The van der Waals surface area contributed by atoms with Gasteiger partial charge >= 0.3 is 0 Å². The molecule has 0 aliphatic heterocycles. The summed E-state index contributed by atoms with van der Waals surface area (Å²) in [5, 5.41) is 22.4. The summed E-state index contributed by atoms with van der Waals surface area (Å²) in [6.45, 7) is 2.21. The van der Waals surface area contributed by atoms with Gasteiger partial charge in [-0.2, -0.15) is 16.6 Å². The van der Waals surface area contributed by atoms with Crippen molar-refractivity contribution < 1.29 is 5.11 Å². The van der Waals surface area contributed by atoms with Gasteiger partial charge < -0.3 is 5.11 Å². The van der Waals surface area contributed by atoms with Gasteiger partial charge in [0.05, 0.1) is 18.2 Å². The number of rotatable bonds is 6. The maximum atomic E-state index is 9.17. The molecule has 0 saturated heterocycles. The highest BCUT2D eigenvalue weighted by molar-refractivity contribution is 7.07. The molecule has 1 N–H and O–H groups in total. The van der Waals surface area contributed by atoms with Gasteiger partial charge in [-0.05, 0) is 34.0 Å². The molecule has 0 amide bonds. The van der Waals surface area contributed by atoms with Crippen LogP contribution in [0.4, 0.5) is 0 Å². The van der Waals surface area contributed by atoms with Crippen molar-refractivity contribution in [3.63, 3.8) is 0 Å². The lowest BCUT2D eigenvalue weighted by Gasteiger charge is -2.21. The molecule has 3 nitrogen and oxygen atoms in total. The summed E-state index contributed by atoms with van der Waals surface area (Å²) in [5.74, 6) is 0. The largest absolute Gasteiger partial charge is 0.395 e. The normalized spacial score (nSPS) is 10.6. The molecule has 0 aliphatic rings. The third-order valence-electron chi connectivity index (χ3n) is 2.93. The van der Waals surface area contributed by atoms with E-state index in [9.17, 15) is 0 Å². The van der Waals surface area contributed by atoms with Crippen molar-refractivity contribution in [2.45, 2.75) is 13.1 Å². The van der Waals surface area contributed by atoms with Crippen LogP contribution in [0.5, 0.6) is 0 Å². The van der Waals surface area contributed by atoms with Crippen molar-refractivity contribution in [1.82, 2.24) is 4.90 Å². The van der Waals surface area contributed by atoms with E-state index >= 15 is 0 Å². The van der Waals surface area contributed by atoms with E-state index in [0.29, 0.717) is 18.7 Å². The number of aliphatic hydroxyl groups is 1. The summed E-state index contributed by atoms with van der Waals surface area (Å²) < 4.78 is 0. The highest BCUT2D eigenvalue weighted by Gasteiger charge is 2.09. The lowest BCUT2D eigenvalue weighted by atomic mass is 10.1. The van der Waals surface area contributed by atoms with Gasteiger partial charge in [-0.3, -0.25) is 4.90 Å². The average molecular weight is 272 g/mol. The second kappa shape index (κ2) is 7.05. The predicted octanol–water partition coefficient (Wildman–Crippen LogP) is 2.61. The Morgan fingerprint density at radius 2 is 2.05 bits per heavy atom. The summed E-state index contributed by atoms with van der Waals surface area (Å²) in [6.07, 6.45) is 0. The highest BCUT2D eigenvalue weighted by atomic mass is 32.1. The fourth-order valence-corrected chi connectivity index (χ4v) is 2.66. The zero-order chi connectivity index (χ0) is 13.5. The van der Waals surface area contributed by atoms with E-state index < -0.39 is 0 Å². The van der Waals surface area contributed by atoms with Crippen LogP contribution in [0.25, 0.3) is 0 Å². The molecule has 0 atom stereocenters. The predicted molar refractivity (Wildman–Crippen MR) is 76.7 cm³/mol. The quantitative estimate of drug-likeness (QED) is 0.879. The molecule has 19 heavy (non-hydrogen) atoms. The molecule has 1 aromatic carbocycles. The monoisotopic (exact) mass is 272 g/mol. The molecule has 0 bridgehead atoms. The molecule has 1 heterocycles. The van der Waals surface area contributed by atoms with Crippen molar-refractivity contribution >= 4 is 11.3 Å². The summed E-state index contributed by atoms with van der Waals surface area (Å²) in [6, 6.07) is 11.9. The summed E-state index contributed by atoms with van der Waals surface area (Å²) in [5.41, 5.74) is 2.96. The van der Waals surface area contributed by atoms with E-state index in [-0.39, 0.29) is 6.61 Å². The number of aliphatic hydroxyl groups excluding tert-OH is 1. The Kier molecular flexibility index (Phi) is 5.10. The van der Waals surface area contributed by atoms with E-state index in [1.54, 1.807) is 11.3 Å². The van der Waals surface area contributed by atoms with E-state index in [1.807, 2.05) is 24.3 Å². The Labute approximate surface area is 117 Å². The van der Waals surface area contributed by atoms with Crippen LogP contribution in [-0.4, -0.2) is 23.2 Å².